The highest BCUT2D eigenvalue weighted by atomic mass is 35.5. The second-order valence-corrected chi connectivity index (χ2v) is 6.52. The van der Waals surface area contributed by atoms with E-state index in [0.29, 0.717) is 16.7 Å². The molecule has 1 heterocycles. The van der Waals surface area contributed by atoms with Gasteiger partial charge in [0.1, 0.15) is 10.7 Å². The average Bonchev–Trinajstić information content (AvgIpc) is 2.80. The van der Waals surface area contributed by atoms with Crippen molar-refractivity contribution in [3.8, 4) is 0 Å². The van der Waals surface area contributed by atoms with E-state index in [2.05, 4.69) is 5.32 Å². The summed E-state index contributed by atoms with van der Waals surface area (Å²) >= 11 is 11.9. The highest BCUT2D eigenvalue weighted by molar-refractivity contribution is 6.53. The molecule has 0 saturated carbocycles. The van der Waals surface area contributed by atoms with E-state index in [0.717, 1.165) is 17.7 Å². The standard InChI is InChI=1S/C18H11Cl2F3N2O2/c1-9-4-2-3-5-12(9)24-15-14(20)16(26)25(17(15)27)13-8-10(18(21,22)23)6-7-11(13)19/h2-8,24H,1H3. The van der Waals surface area contributed by atoms with E-state index in [-0.39, 0.29) is 16.4 Å². The molecule has 0 fully saturated rings. The molecule has 2 aromatic rings. The van der Waals surface area contributed by atoms with Crippen LogP contribution in [0.5, 0.6) is 0 Å². The topological polar surface area (TPSA) is 49.4 Å². The summed E-state index contributed by atoms with van der Waals surface area (Å²) in [6, 6.07) is 9.32. The van der Waals surface area contributed by atoms with Crippen LogP contribution in [0.25, 0.3) is 0 Å². The normalized spacial score (nSPS) is 15.0. The van der Waals surface area contributed by atoms with E-state index in [1.165, 1.54) is 0 Å². The number of para-hydroxylation sites is 1. The Hall–Kier alpha value is -2.51. The Labute approximate surface area is 162 Å². The molecule has 0 saturated heterocycles. The first-order valence-corrected chi connectivity index (χ1v) is 8.35. The summed E-state index contributed by atoms with van der Waals surface area (Å²) in [5.74, 6) is -1.85. The monoisotopic (exact) mass is 414 g/mol. The van der Waals surface area contributed by atoms with Crippen molar-refractivity contribution in [3.63, 3.8) is 0 Å². The molecule has 140 valence electrons. The van der Waals surface area contributed by atoms with Gasteiger partial charge in [-0.3, -0.25) is 9.59 Å². The van der Waals surface area contributed by atoms with E-state index >= 15 is 0 Å². The van der Waals surface area contributed by atoms with Crippen molar-refractivity contribution in [3.05, 3.63) is 69.3 Å². The number of hydrogen-bond donors (Lipinski definition) is 1. The quantitative estimate of drug-likeness (QED) is 0.710. The van der Waals surface area contributed by atoms with Crippen LogP contribution >= 0.6 is 23.2 Å². The number of halogens is 5. The van der Waals surface area contributed by atoms with Crippen LogP contribution < -0.4 is 10.2 Å². The molecule has 3 rings (SSSR count). The number of anilines is 2. The Bertz CT molecular complexity index is 987. The van der Waals surface area contributed by atoms with Crippen LogP contribution in [0.1, 0.15) is 11.1 Å². The van der Waals surface area contributed by atoms with Gasteiger partial charge in [-0.25, -0.2) is 4.90 Å². The number of carbonyl (C=O) groups is 2. The fourth-order valence-electron chi connectivity index (χ4n) is 2.54. The first-order chi connectivity index (χ1) is 12.6. The highest BCUT2D eigenvalue weighted by Crippen LogP contribution is 2.38. The fraction of sp³-hybridized carbons (Fsp3) is 0.111. The number of carbonyl (C=O) groups excluding carboxylic acids is 2. The third-order valence-electron chi connectivity index (χ3n) is 3.95. The first-order valence-electron chi connectivity index (χ1n) is 7.59. The minimum absolute atomic E-state index is 0.189. The summed E-state index contributed by atoms with van der Waals surface area (Å²) < 4.78 is 39.0. The summed E-state index contributed by atoms with van der Waals surface area (Å²) in [6.45, 7) is 1.78. The Kier molecular flexibility index (Phi) is 4.92. The number of benzene rings is 2. The molecule has 1 aliphatic rings. The van der Waals surface area contributed by atoms with Crippen LogP contribution in [0.15, 0.2) is 53.2 Å². The third kappa shape index (κ3) is 3.52. The average molecular weight is 415 g/mol. The second-order valence-electron chi connectivity index (χ2n) is 5.74. The van der Waals surface area contributed by atoms with Crippen molar-refractivity contribution in [2.45, 2.75) is 13.1 Å². The predicted octanol–water partition coefficient (Wildman–Crippen LogP) is 5.10. The van der Waals surface area contributed by atoms with Gasteiger partial charge < -0.3 is 5.32 Å². The first kappa shape index (κ1) is 19.3. The van der Waals surface area contributed by atoms with Gasteiger partial charge >= 0.3 is 6.18 Å². The molecular formula is C18H11Cl2F3N2O2. The molecule has 0 aliphatic carbocycles. The van der Waals surface area contributed by atoms with Crippen molar-refractivity contribution in [1.82, 2.24) is 0 Å². The smallest absolute Gasteiger partial charge is 0.349 e. The molecule has 9 heteroatoms. The molecule has 2 aromatic carbocycles. The molecular weight excluding hydrogens is 404 g/mol. The number of nitrogens with one attached hydrogen (secondary N) is 1. The third-order valence-corrected chi connectivity index (χ3v) is 4.62. The molecule has 0 bridgehead atoms. The fourth-order valence-corrected chi connectivity index (χ4v) is 2.95. The number of alkyl halides is 3. The molecule has 4 nitrogen and oxygen atoms in total. The minimum atomic E-state index is -4.66. The second kappa shape index (κ2) is 6.90. The van der Waals surface area contributed by atoms with Gasteiger partial charge in [0.15, 0.2) is 0 Å². The summed E-state index contributed by atoms with van der Waals surface area (Å²) in [6.07, 6.45) is -4.66. The Morgan fingerprint density at radius 2 is 1.67 bits per heavy atom. The summed E-state index contributed by atoms with van der Waals surface area (Å²) in [4.78, 5) is 25.7. The number of aryl methyl sites for hydroxylation is 1. The molecule has 0 aromatic heterocycles. The molecule has 27 heavy (non-hydrogen) atoms. The predicted molar refractivity (Wildman–Crippen MR) is 96.6 cm³/mol. The van der Waals surface area contributed by atoms with E-state index < -0.39 is 28.6 Å². The van der Waals surface area contributed by atoms with Crippen molar-refractivity contribution in [2.75, 3.05) is 10.2 Å². The number of hydrogen-bond acceptors (Lipinski definition) is 3. The lowest BCUT2D eigenvalue weighted by Crippen LogP contribution is -2.32. The van der Waals surface area contributed by atoms with Crippen LogP contribution in [0, 0.1) is 6.92 Å². The Morgan fingerprint density at radius 3 is 2.30 bits per heavy atom. The van der Waals surface area contributed by atoms with Crippen LogP contribution in [0.4, 0.5) is 24.5 Å². The Balaban J connectivity index is 2.00. The van der Waals surface area contributed by atoms with Crippen molar-refractivity contribution >= 4 is 46.4 Å². The Morgan fingerprint density at radius 1 is 1.00 bits per heavy atom. The SMILES string of the molecule is Cc1ccccc1NC1=C(Cl)C(=O)N(c2cc(C(F)(F)F)ccc2Cl)C1=O. The van der Waals surface area contributed by atoms with Crippen molar-refractivity contribution in [2.24, 2.45) is 0 Å². The molecule has 0 atom stereocenters. The molecule has 1 N–H and O–H groups in total. The van der Waals surface area contributed by atoms with E-state index in [1.54, 1.807) is 31.2 Å². The molecule has 1 aliphatic heterocycles. The largest absolute Gasteiger partial charge is 0.416 e. The van der Waals surface area contributed by atoms with Crippen molar-refractivity contribution in [1.29, 1.82) is 0 Å². The van der Waals surface area contributed by atoms with Gasteiger partial charge in [0.2, 0.25) is 0 Å². The van der Waals surface area contributed by atoms with E-state index in [4.69, 9.17) is 23.2 Å². The number of imide groups is 1. The number of amides is 2. The zero-order valence-electron chi connectivity index (χ0n) is 13.7. The zero-order valence-corrected chi connectivity index (χ0v) is 15.2. The summed E-state index contributed by atoms with van der Waals surface area (Å²) in [7, 11) is 0. The van der Waals surface area contributed by atoms with Gasteiger partial charge in [-0.2, -0.15) is 13.2 Å². The van der Waals surface area contributed by atoms with Crippen LogP contribution in [-0.2, 0) is 15.8 Å². The molecule has 0 unspecified atom stereocenters. The van der Waals surface area contributed by atoms with E-state index in [9.17, 15) is 22.8 Å². The molecule has 0 radical (unpaired) electrons. The van der Waals surface area contributed by atoms with Gasteiger partial charge in [0.25, 0.3) is 11.8 Å². The molecule has 2 amide bonds. The lowest BCUT2D eigenvalue weighted by Gasteiger charge is -2.18. The minimum Gasteiger partial charge on any atom is -0.349 e. The maximum Gasteiger partial charge on any atom is 0.416 e. The lowest BCUT2D eigenvalue weighted by atomic mass is 10.1. The highest BCUT2D eigenvalue weighted by Gasteiger charge is 2.41. The van der Waals surface area contributed by atoms with Crippen LogP contribution in [0.3, 0.4) is 0 Å². The van der Waals surface area contributed by atoms with Crippen molar-refractivity contribution < 1.29 is 22.8 Å². The van der Waals surface area contributed by atoms with Gasteiger partial charge in [-0.05, 0) is 36.8 Å². The van der Waals surface area contributed by atoms with Gasteiger partial charge in [-0.15, -0.1) is 0 Å². The zero-order chi connectivity index (χ0) is 19.9. The molecule has 0 spiro atoms. The van der Waals surface area contributed by atoms with Gasteiger partial charge in [0.05, 0.1) is 16.3 Å². The summed E-state index contributed by atoms with van der Waals surface area (Å²) in [5.41, 5.74) is -0.348. The lowest BCUT2D eigenvalue weighted by molar-refractivity contribution is -0.137. The maximum absolute atomic E-state index is 13.0. The van der Waals surface area contributed by atoms with Crippen LogP contribution in [-0.4, -0.2) is 11.8 Å². The van der Waals surface area contributed by atoms with Gasteiger partial charge in [-0.1, -0.05) is 41.4 Å². The van der Waals surface area contributed by atoms with Gasteiger partial charge in [0, 0.05) is 5.69 Å². The van der Waals surface area contributed by atoms with E-state index in [1.807, 2.05) is 0 Å². The summed E-state index contributed by atoms with van der Waals surface area (Å²) in [5, 5.41) is 2.15. The maximum atomic E-state index is 13.0. The number of rotatable bonds is 3. The van der Waals surface area contributed by atoms with Crippen LogP contribution in [0.2, 0.25) is 5.02 Å². The number of nitrogens with zero attached hydrogens (tertiary/aromatic N) is 1.